The maximum absolute atomic E-state index is 12.8. The van der Waals surface area contributed by atoms with Gasteiger partial charge in [-0.3, -0.25) is 4.79 Å². The van der Waals surface area contributed by atoms with Gasteiger partial charge in [-0.05, 0) is 117 Å². The molecule has 1 aromatic carbocycles. The number of hydrogen-bond acceptors (Lipinski definition) is 5. The van der Waals surface area contributed by atoms with Gasteiger partial charge in [-0.2, -0.15) is 0 Å². The van der Waals surface area contributed by atoms with Gasteiger partial charge in [0.05, 0.1) is 10.6 Å². The summed E-state index contributed by atoms with van der Waals surface area (Å²) < 4.78 is 30.2. The molecule has 216 valence electrons. The average Bonchev–Trinajstić information content (AvgIpc) is 3.25. The first kappa shape index (κ1) is 28.8. The zero-order valence-electron chi connectivity index (χ0n) is 24.4. The van der Waals surface area contributed by atoms with E-state index in [0.717, 1.165) is 35.7 Å². The second kappa shape index (κ2) is 10.9. The van der Waals surface area contributed by atoms with E-state index in [4.69, 9.17) is 4.74 Å². The molecule has 0 aromatic heterocycles. The van der Waals surface area contributed by atoms with Crippen molar-refractivity contribution < 1.29 is 22.7 Å². The molecule has 1 aromatic rings. The highest BCUT2D eigenvalue weighted by Gasteiger charge is 2.60. The predicted molar refractivity (Wildman–Crippen MR) is 153 cm³/mol. The van der Waals surface area contributed by atoms with Crippen LogP contribution in [0.1, 0.15) is 97.0 Å². The van der Waals surface area contributed by atoms with Crippen molar-refractivity contribution in [2.75, 3.05) is 12.4 Å². The molecule has 0 saturated heterocycles. The number of benzene rings is 1. The highest BCUT2D eigenvalue weighted by Crippen LogP contribution is 2.68. The van der Waals surface area contributed by atoms with E-state index in [9.17, 15) is 18.0 Å². The Balaban J connectivity index is 1.15. The number of rotatable bonds is 8. The van der Waals surface area contributed by atoms with Crippen LogP contribution in [0.5, 0.6) is 0 Å². The molecule has 6 heteroatoms. The Hall–Kier alpha value is -1.69. The number of Topliss-reactive ketones (excluding diaryl/α,β-unsaturated/α-hetero) is 1. The van der Waals surface area contributed by atoms with Crippen molar-refractivity contribution in [3.05, 3.63) is 29.8 Å². The Kier molecular flexibility index (Phi) is 8.09. The standard InChI is InChI=1S/C33H48O5S/c1-22-8-11-25(12-9-22)39(36,37)20-19-38-31(35)30(34)21-23(2)27-14-15-28-26-13-10-24-7-5-6-17-32(24,3)29(26)16-18-33(27,28)4/h8-9,11-12,23-24,26-29H,5-7,10,13-21H2,1-4H3/t23-,24+,26+,27-,28+,29+,32+,33-/m1/s1. The van der Waals surface area contributed by atoms with Crippen molar-refractivity contribution in [3.63, 3.8) is 0 Å². The molecule has 0 bridgehead atoms. The van der Waals surface area contributed by atoms with Gasteiger partial charge in [-0.25, -0.2) is 13.2 Å². The van der Waals surface area contributed by atoms with Crippen LogP contribution in [-0.4, -0.2) is 32.5 Å². The minimum atomic E-state index is -3.57. The summed E-state index contributed by atoms with van der Waals surface area (Å²) in [6.45, 7) is 8.82. The van der Waals surface area contributed by atoms with Crippen LogP contribution in [0.4, 0.5) is 0 Å². The average molecular weight is 557 g/mol. The van der Waals surface area contributed by atoms with Crippen LogP contribution in [0, 0.1) is 53.3 Å². The third-order valence-electron chi connectivity index (χ3n) is 12.0. The molecule has 0 unspecified atom stereocenters. The van der Waals surface area contributed by atoms with Gasteiger partial charge in [0.2, 0.25) is 5.78 Å². The van der Waals surface area contributed by atoms with Gasteiger partial charge in [0.25, 0.3) is 0 Å². The van der Waals surface area contributed by atoms with Crippen molar-refractivity contribution in [1.82, 2.24) is 0 Å². The second-order valence-corrected chi connectivity index (χ2v) is 16.1. The Morgan fingerprint density at radius 2 is 1.64 bits per heavy atom. The minimum Gasteiger partial charge on any atom is -0.459 e. The van der Waals surface area contributed by atoms with E-state index in [2.05, 4.69) is 20.8 Å². The maximum Gasteiger partial charge on any atom is 0.374 e. The molecule has 0 radical (unpaired) electrons. The van der Waals surface area contributed by atoms with Gasteiger partial charge >= 0.3 is 5.97 Å². The predicted octanol–water partition coefficient (Wildman–Crippen LogP) is 6.96. The molecule has 0 spiro atoms. The third-order valence-corrected chi connectivity index (χ3v) is 13.7. The van der Waals surface area contributed by atoms with E-state index in [1.807, 2.05) is 6.92 Å². The van der Waals surface area contributed by atoms with Gasteiger partial charge in [-0.15, -0.1) is 0 Å². The molecule has 5 rings (SSSR count). The van der Waals surface area contributed by atoms with Crippen molar-refractivity contribution in [2.45, 2.75) is 103 Å². The summed E-state index contributed by atoms with van der Waals surface area (Å²) in [5.41, 5.74) is 1.74. The Morgan fingerprint density at radius 3 is 2.38 bits per heavy atom. The van der Waals surface area contributed by atoms with Gasteiger partial charge in [0, 0.05) is 6.42 Å². The molecule has 4 aliphatic rings. The van der Waals surface area contributed by atoms with E-state index in [1.165, 1.54) is 57.8 Å². The second-order valence-electron chi connectivity index (χ2n) is 14.0. The zero-order valence-corrected chi connectivity index (χ0v) is 25.2. The first-order valence-corrected chi connectivity index (χ1v) is 17.1. The van der Waals surface area contributed by atoms with Crippen LogP contribution < -0.4 is 0 Å². The number of ketones is 1. The third kappa shape index (κ3) is 5.36. The normalized spacial score (nSPS) is 36.8. The molecule has 8 atom stereocenters. The van der Waals surface area contributed by atoms with Crippen LogP contribution in [-0.2, 0) is 24.2 Å². The van der Waals surface area contributed by atoms with Gasteiger partial charge in [-0.1, -0.05) is 51.3 Å². The minimum absolute atomic E-state index is 0.120. The number of fused-ring (bicyclic) bond motifs is 5. The lowest BCUT2D eigenvalue weighted by molar-refractivity contribution is -0.154. The number of esters is 1. The van der Waals surface area contributed by atoms with Gasteiger partial charge < -0.3 is 4.74 Å². The monoisotopic (exact) mass is 556 g/mol. The summed E-state index contributed by atoms with van der Waals surface area (Å²) in [6, 6.07) is 6.60. The van der Waals surface area contributed by atoms with Crippen molar-refractivity contribution in [1.29, 1.82) is 0 Å². The zero-order chi connectivity index (χ0) is 28.0. The number of hydrogen-bond donors (Lipinski definition) is 0. The van der Waals surface area contributed by atoms with Crippen LogP contribution in [0.15, 0.2) is 29.2 Å². The van der Waals surface area contributed by atoms with Crippen molar-refractivity contribution in [3.8, 4) is 0 Å². The molecule has 0 N–H and O–H groups in total. The molecule has 4 fully saturated rings. The number of sulfone groups is 1. The number of carbonyl (C=O) groups is 2. The molecule has 4 aliphatic carbocycles. The SMILES string of the molecule is Cc1ccc(S(=O)(=O)CCOC(=O)C(=O)C[C@@H](C)[C@H]2CC[C@H]3[C@@H]4CC[C@@H]5CCCC[C@]5(C)[C@H]4CC[C@]23C)cc1. The van der Waals surface area contributed by atoms with E-state index < -0.39 is 21.6 Å². The lowest BCUT2D eigenvalue weighted by Gasteiger charge is -2.61. The quantitative estimate of drug-likeness (QED) is 0.256. The molecule has 0 heterocycles. The fourth-order valence-corrected chi connectivity index (χ4v) is 11.1. The highest BCUT2D eigenvalue weighted by molar-refractivity contribution is 7.91. The van der Waals surface area contributed by atoms with Crippen LogP contribution in [0.3, 0.4) is 0 Å². The Bertz CT molecular complexity index is 1170. The van der Waals surface area contributed by atoms with Crippen molar-refractivity contribution >= 4 is 21.6 Å². The molecule has 4 saturated carbocycles. The molecular formula is C33H48O5S. The summed E-state index contributed by atoms with van der Waals surface area (Å²) in [6.07, 6.45) is 13.6. The highest BCUT2D eigenvalue weighted by atomic mass is 32.2. The summed E-state index contributed by atoms with van der Waals surface area (Å²) in [7, 11) is -3.57. The van der Waals surface area contributed by atoms with Crippen LogP contribution in [0.2, 0.25) is 0 Å². The topological polar surface area (TPSA) is 77.5 Å². The summed E-state index contributed by atoms with van der Waals surface area (Å²) in [4.78, 5) is 25.6. The Labute approximate surface area is 235 Å². The van der Waals surface area contributed by atoms with Gasteiger partial charge in [0.15, 0.2) is 9.84 Å². The fraction of sp³-hybridized carbons (Fsp3) is 0.758. The summed E-state index contributed by atoms with van der Waals surface area (Å²) in [5.74, 6) is 2.15. The molecule has 0 aliphatic heterocycles. The first-order chi connectivity index (χ1) is 18.5. The molecule has 39 heavy (non-hydrogen) atoms. The molecule has 5 nitrogen and oxygen atoms in total. The summed E-state index contributed by atoms with van der Waals surface area (Å²) in [5, 5.41) is 0. The van der Waals surface area contributed by atoms with E-state index >= 15 is 0 Å². The Morgan fingerprint density at radius 1 is 0.923 bits per heavy atom. The lowest BCUT2D eigenvalue weighted by Crippen LogP contribution is -2.53. The number of ether oxygens (including phenoxy) is 1. The number of carbonyl (C=O) groups excluding carboxylic acids is 2. The van der Waals surface area contributed by atoms with E-state index in [0.29, 0.717) is 11.3 Å². The number of aryl methyl sites for hydroxylation is 1. The van der Waals surface area contributed by atoms with E-state index in [-0.39, 0.29) is 35.0 Å². The first-order valence-electron chi connectivity index (χ1n) is 15.4. The van der Waals surface area contributed by atoms with Gasteiger partial charge in [0.1, 0.15) is 6.61 Å². The van der Waals surface area contributed by atoms with Crippen LogP contribution >= 0.6 is 0 Å². The van der Waals surface area contributed by atoms with Crippen molar-refractivity contribution in [2.24, 2.45) is 46.3 Å². The van der Waals surface area contributed by atoms with Crippen LogP contribution in [0.25, 0.3) is 0 Å². The fourth-order valence-electron chi connectivity index (χ4n) is 9.98. The van der Waals surface area contributed by atoms with E-state index in [1.54, 1.807) is 24.3 Å². The maximum atomic E-state index is 12.8. The molecule has 0 amide bonds. The largest absolute Gasteiger partial charge is 0.459 e. The smallest absolute Gasteiger partial charge is 0.374 e. The summed E-state index contributed by atoms with van der Waals surface area (Å²) >= 11 is 0. The molecular weight excluding hydrogens is 508 g/mol. The lowest BCUT2D eigenvalue weighted by atomic mass is 9.44.